The molecule has 1 atom stereocenters. The molecule has 1 N–H and O–H groups in total. The van der Waals surface area contributed by atoms with Crippen molar-refractivity contribution >= 4 is 5.91 Å². The lowest BCUT2D eigenvalue weighted by atomic mass is 10.1. The number of nitrogens with one attached hydrogen (secondary N) is 1. The fraction of sp³-hybridized carbons (Fsp3) is 0.316. The summed E-state index contributed by atoms with van der Waals surface area (Å²) in [5.41, 5.74) is 1.19. The Labute approximate surface area is 145 Å². The van der Waals surface area contributed by atoms with Crippen LogP contribution in [0, 0.1) is 11.6 Å². The molecule has 0 aliphatic carbocycles. The SMILES string of the molecule is O=C(NC[C@@H]1CN(Cc2ccccc2)CCO1)c1cc(F)cc(F)c1. The molecule has 4 nitrogen and oxygen atoms in total. The van der Waals surface area contributed by atoms with Crippen LogP contribution in [0.5, 0.6) is 0 Å². The second-order valence-corrected chi connectivity index (χ2v) is 6.08. The summed E-state index contributed by atoms with van der Waals surface area (Å²) in [6.45, 7) is 3.22. The molecule has 2 aromatic carbocycles. The molecule has 0 radical (unpaired) electrons. The van der Waals surface area contributed by atoms with Crippen LogP contribution in [0.3, 0.4) is 0 Å². The van der Waals surface area contributed by atoms with Gasteiger partial charge in [0, 0.05) is 37.8 Å². The topological polar surface area (TPSA) is 41.6 Å². The van der Waals surface area contributed by atoms with Gasteiger partial charge >= 0.3 is 0 Å². The third-order valence-electron chi connectivity index (χ3n) is 4.09. The Hall–Kier alpha value is -2.31. The van der Waals surface area contributed by atoms with Crippen LogP contribution in [-0.2, 0) is 11.3 Å². The van der Waals surface area contributed by atoms with Crippen molar-refractivity contribution in [1.82, 2.24) is 10.2 Å². The van der Waals surface area contributed by atoms with Crippen LogP contribution in [0.25, 0.3) is 0 Å². The maximum absolute atomic E-state index is 13.2. The van der Waals surface area contributed by atoms with Gasteiger partial charge in [0.1, 0.15) is 11.6 Å². The zero-order chi connectivity index (χ0) is 17.6. The van der Waals surface area contributed by atoms with Gasteiger partial charge in [-0.1, -0.05) is 30.3 Å². The Morgan fingerprint density at radius 3 is 2.60 bits per heavy atom. The molecule has 1 aliphatic rings. The largest absolute Gasteiger partial charge is 0.374 e. The van der Waals surface area contributed by atoms with Gasteiger partial charge in [0.2, 0.25) is 0 Å². The second-order valence-electron chi connectivity index (χ2n) is 6.08. The molecule has 132 valence electrons. The molecule has 0 unspecified atom stereocenters. The summed E-state index contributed by atoms with van der Waals surface area (Å²) >= 11 is 0. The van der Waals surface area contributed by atoms with Gasteiger partial charge in [-0.25, -0.2) is 8.78 Å². The minimum Gasteiger partial charge on any atom is -0.374 e. The van der Waals surface area contributed by atoms with Crippen molar-refractivity contribution < 1.29 is 18.3 Å². The lowest BCUT2D eigenvalue weighted by Gasteiger charge is -2.33. The monoisotopic (exact) mass is 346 g/mol. The van der Waals surface area contributed by atoms with Crippen LogP contribution in [0.15, 0.2) is 48.5 Å². The van der Waals surface area contributed by atoms with Crippen molar-refractivity contribution in [3.05, 3.63) is 71.3 Å². The first-order valence-corrected chi connectivity index (χ1v) is 8.22. The summed E-state index contributed by atoms with van der Waals surface area (Å²) in [7, 11) is 0. The average molecular weight is 346 g/mol. The van der Waals surface area contributed by atoms with Gasteiger partial charge in [-0.3, -0.25) is 9.69 Å². The molecule has 3 rings (SSSR count). The van der Waals surface area contributed by atoms with E-state index in [1.54, 1.807) is 0 Å². The predicted molar refractivity (Wildman–Crippen MR) is 90.2 cm³/mol. The summed E-state index contributed by atoms with van der Waals surface area (Å²) in [6, 6.07) is 12.9. The van der Waals surface area contributed by atoms with E-state index in [2.05, 4.69) is 22.3 Å². The number of halogens is 2. The smallest absolute Gasteiger partial charge is 0.251 e. The Morgan fingerprint density at radius 1 is 1.16 bits per heavy atom. The molecule has 0 spiro atoms. The molecule has 6 heteroatoms. The first-order valence-electron chi connectivity index (χ1n) is 8.22. The molecule has 2 aromatic rings. The number of rotatable bonds is 5. The summed E-state index contributed by atoms with van der Waals surface area (Å²) < 4.78 is 32.1. The Balaban J connectivity index is 1.51. The average Bonchev–Trinajstić information content (AvgIpc) is 2.60. The van der Waals surface area contributed by atoms with Crippen LogP contribution in [-0.4, -0.2) is 43.2 Å². The molecular formula is C19H20F2N2O2. The number of morpholine rings is 1. The number of nitrogens with zero attached hydrogens (tertiary/aromatic N) is 1. The zero-order valence-electron chi connectivity index (χ0n) is 13.8. The van der Waals surface area contributed by atoms with E-state index in [0.717, 1.165) is 31.3 Å². The summed E-state index contributed by atoms with van der Waals surface area (Å²) in [6.07, 6.45) is -0.153. The highest BCUT2D eigenvalue weighted by molar-refractivity contribution is 5.94. The molecule has 0 aromatic heterocycles. The maximum Gasteiger partial charge on any atom is 0.251 e. The summed E-state index contributed by atoms with van der Waals surface area (Å²) in [5.74, 6) is -2.05. The lowest BCUT2D eigenvalue weighted by Crippen LogP contribution is -2.47. The minimum absolute atomic E-state index is 0.0329. The van der Waals surface area contributed by atoms with Crippen molar-refractivity contribution in [2.75, 3.05) is 26.2 Å². The van der Waals surface area contributed by atoms with Crippen molar-refractivity contribution in [2.24, 2.45) is 0 Å². The summed E-state index contributed by atoms with van der Waals surface area (Å²) in [5, 5.41) is 2.68. The normalized spacial score (nSPS) is 18.1. The Morgan fingerprint density at radius 2 is 1.88 bits per heavy atom. The van der Waals surface area contributed by atoms with Crippen LogP contribution in [0.1, 0.15) is 15.9 Å². The van der Waals surface area contributed by atoms with E-state index < -0.39 is 17.5 Å². The van der Waals surface area contributed by atoms with Gasteiger partial charge in [0.05, 0.1) is 12.7 Å². The fourth-order valence-corrected chi connectivity index (χ4v) is 2.88. The molecule has 1 amide bonds. The molecule has 0 bridgehead atoms. The van der Waals surface area contributed by atoms with Gasteiger partial charge in [-0.05, 0) is 17.7 Å². The van der Waals surface area contributed by atoms with Crippen molar-refractivity contribution in [3.8, 4) is 0 Å². The van der Waals surface area contributed by atoms with Crippen LogP contribution < -0.4 is 5.32 Å². The molecule has 25 heavy (non-hydrogen) atoms. The number of ether oxygens (including phenoxy) is 1. The summed E-state index contributed by atoms with van der Waals surface area (Å²) in [4.78, 5) is 14.3. The Kier molecular flexibility index (Phi) is 5.73. The first-order chi connectivity index (χ1) is 12.1. The molecule has 1 aliphatic heterocycles. The van der Waals surface area contributed by atoms with Crippen molar-refractivity contribution in [1.29, 1.82) is 0 Å². The van der Waals surface area contributed by atoms with Gasteiger partial charge in [0.15, 0.2) is 0 Å². The molecule has 1 fully saturated rings. The highest BCUT2D eigenvalue weighted by atomic mass is 19.1. The second kappa shape index (κ2) is 8.18. The quantitative estimate of drug-likeness (QED) is 0.905. The first kappa shape index (κ1) is 17.5. The van der Waals surface area contributed by atoms with E-state index in [-0.39, 0.29) is 11.7 Å². The molecule has 1 heterocycles. The van der Waals surface area contributed by atoms with E-state index in [1.807, 2.05) is 18.2 Å². The third kappa shape index (κ3) is 5.08. The van der Waals surface area contributed by atoms with Gasteiger partial charge in [0.25, 0.3) is 5.91 Å². The van der Waals surface area contributed by atoms with E-state index in [1.165, 1.54) is 5.56 Å². The maximum atomic E-state index is 13.2. The van der Waals surface area contributed by atoms with Gasteiger partial charge < -0.3 is 10.1 Å². The van der Waals surface area contributed by atoms with Crippen LogP contribution in [0.2, 0.25) is 0 Å². The highest BCUT2D eigenvalue weighted by Crippen LogP contribution is 2.11. The van der Waals surface area contributed by atoms with Crippen molar-refractivity contribution in [2.45, 2.75) is 12.6 Å². The van der Waals surface area contributed by atoms with Crippen LogP contribution in [0.4, 0.5) is 8.78 Å². The predicted octanol–water partition coefficient (Wildman–Crippen LogP) is 2.60. The standard InChI is InChI=1S/C19H20F2N2O2/c20-16-8-15(9-17(21)10-16)19(24)22-11-18-13-23(6-7-25-18)12-14-4-2-1-3-5-14/h1-5,8-10,18H,6-7,11-13H2,(H,22,24)/t18-/m1/s1. The van der Waals surface area contributed by atoms with E-state index in [4.69, 9.17) is 4.74 Å². The fourth-order valence-electron chi connectivity index (χ4n) is 2.88. The number of benzene rings is 2. The molecular weight excluding hydrogens is 326 g/mol. The number of amides is 1. The number of carbonyl (C=O) groups is 1. The third-order valence-corrected chi connectivity index (χ3v) is 4.09. The minimum atomic E-state index is -0.770. The Bertz CT molecular complexity index is 704. The lowest BCUT2D eigenvalue weighted by molar-refractivity contribution is -0.0292. The van der Waals surface area contributed by atoms with Gasteiger partial charge in [-0.2, -0.15) is 0 Å². The number of carbonyl (C=O) groups excluding carboxylic acids is 1. The van der Waals surface area contributed by atoms with Crippen LogP contribution >= 0.6 is 0 Å². The highest BCUT2D eigenvalue weighted by Gasteiger charge is 2.21. The molecule has 1 saturated heterocycles. The molecule has 0 saturated carbocycles. The zero-order valence-corrected chi connectivity index (χ0v) is 13.8. The number of hydrogen-bond acceptors (Lipinski definition) is 3. The van der Waals surface area contributed by atoms with E-state index >= 15 is 0 Å². The number of hydrogen-bond donors (Lipinski definition) is 1. The van der Waals surface area contributed by atoms with Crippen molar-refractivity contribution in [3.63, 3.8) is 0 Å². The van der Waals surface area contributed by atoms with E-state index in [9.17, 15) is 13.6 Å². The van der Waals surface area contributed by atoms with Gasteiger partial charge in [-0.15, -0.1) is 0 Å². The van der Waals surface area contributed by atoms with E-state index in [0.29, 0.717) is 19.7 Å².